The van der Waals surface area contributed by atoms with Crippen molar-refractivity contribution in [2.24, 2.45) is 0 Å². The van der Waals surface area contributed by atoms with Crippen molar-refractivity contribution in [3.8, 4) is 5.88 Å². The SMILES string of the molecule is COC(=O)c1cccc(COC(=O)c2ccc(OC)nc2)c1. The van der Waals surface area contributed by atoms with Crippen LogP contribution in [0.25, 0.3) is 0 Å². The molecule has 1 aromatic heterocycles. The van der Waals surface area contributed by atoms with Crippen LogP contribution in [-0.2, 0) is 16.1 Å². The number of benzene rings is 1. The maximum absolute atomic E-state index is 11.9. The minimum atomic E-state index is -0.501. The Balaban J connectivity index is 1.99. The number of ether oxygens (including phenoxy) is 3. The molecule has 0 radical (unpaired) electrons. The summed E-state index contributed by atoms with van der Waals surface area (Å²) < 4.78 is 14.7. The zero-order valence-electron chi connectivity index (χ0n) is 12.2. The van der Waals surface area contributed by atoms with Crippen LogP contribution in [0.2, 0.25) is 0 Å². The van der Waals surface area contributed by atoms with Crippen LogP contribution in [0, 0.1) is 0 Å². The summed E-state index contributed by atoms with van der Waals surface area (Å²) in [6.45, 7) is 0.0513. The van der Waals surface area contributed by atoms with Gasteiger partial charge in [-0.1, -0.05) is 12.1 Å². The highest BCUT2D eigenvalue weighted by molar-refractivity contribution is 5.90. The normalized spacial score (nSPS) is 9.91. The lowest BCUT2D eigenvalue weighted by Gasteiger charge is -2.06. The lowest BCUT2D eigenvalue weighted by molar-refractivity contribution is 0.0472. The first-order chi connectivity index (χ1) is 10.6. The van der Waals surface area contributed by atoms with Gasteiger partial charge in [0.25, 0.3) is 0 Å². The summed E-state index contributed by atoms with van der Waals surface area (Å²) in [6, 6.07) is 9.85. The van der Waals surface area contributed by atoms with Gasteiger partial charge in [0.15, 0.2) is 0 Å². The number of carbonyl (C=O) groups excluding carboxylic acids is 2. The van der Waals surface area contributed by atoms with E-state index in [0.29, 0.717) is 22.6 Å². The number of carbonyl (C=O) groups is 2. The van der Waals surface area contributed by atoms with Gasteiger partial charge in [-0.25, -0.2) is 14.6 Å². The Bertz CT molecular complexity index is 666. The van der Waals surface area contributed by atoms with Crippen molar-refractivity contribution in [3.05, 3.63) is 59.3 Å². The van der Waals surface area contributed by atoms with E-state index in [0.717, 1.165) is 0 Å². The number of hydrogen-bond acceptors (Lipinski definition) is 6. The van der Waals surface area contributed by atoms with Crippen LogP contribution in [0.15, 0.2) is 42.6 Å². The highest BCUT2D eigenvalue weighted by atomic mass is 16.5. The summed E-state index contributed by atoms with van der Waals surface area (Å²) >= 11 is 0. The van der Waals surface area contributed by atoms with E-state index in [1.54, 1.807) is 36.4 Å². The van der Waals surface area contributed by atoms with Crippen molar-refractivity contribution in [2.75, 3.05) is 14.2 Å². The molecule has 0 aliphatic rings. The second-order valence-corrected chi connectivity index (χ2v) is 4.36. The zero-order chi connectivity index (χ0) is 15.9. The lowest BCUT2D eigenvalue weighted by Crippen LogP contribution is -2.07. The first-order valence-corrected chi connectivity index (χ1v) is 6.48. The molecule has 0 spiro atoms. The Morgan fingerprint density at radius 3 is 2.50 bits per heavy atom. The molecule has 2 rings (SSSR count). The largest absolute Gasteiger partial charge is 0.481 e. The quantitative estimate of drug-likeness (QED) is 0.788. The molecule has 0 fully saturated rings. The first kappa shape index (κ1) is 15.5. The number of rotatable bonds is 5. The topological polar surface area (TPSA) is 74.7 Å². The van der Waals surface area contributed by atoms with Crippen LogP contribution < -0.4 is 4.74 Å². The molecule has 22 heavy (non-hydrogen) atoms. The van der Waals surface area contributed by atoms with Gasteiger partial charge in [0.1, 0.15) is 6.61 Å². The minimum absolute atomic E-state index is 0.0513. The molecular weight excluding hydrogens is 286 g/mol. The number of hydrogen-bond donors (Lipinski definition) is 0. The lowest BCUT2D eigenvalue weighted by atomic mass is 10.1. The van der Waals surface area contributed by atoms with E-state index in [-0.39, 0.29) is 6.61 Å². The van der Waals surface area contributed by atoms with Crippen molar-refractivity contribution in [1.82, 2.24) is 4.98 Å². The maximum atomic E-state index is 11.9. The van der Waals surface area contributed by atoms with Gasteiger partial charge in [0, 0.05) is 12.3 Å². The molecule has 0 unspecified atom stereocenters. The number of pyridine rings is 1. The van der Waals surface area contributed by atoms with Gasteiger partial charge >= 0.3 is 11.9 Å². The molecule has 0 saturated heterocycles. The van der Waals surface area contributed by atoms with Crippen molar-refractivity contribution < 1.29 is 23.8 Å². The van der Waals surface area contributed by atoms with Gasteiger partial charge < -0.3 is 14.2 Å². The second kappa shape index (κ2) is 7.21. The number of aromatic nitrogens is 1. The van der Waals surface area contributed by atoms with Gasteiger partial charge in [-0.2, -0.15) is 0 Å². The summed E-state index contributed by atoms with van der Waals surface area (Å²) in [5.41, 5.74) is 1.42. The van der Waals surface area contributed by atoms with Crippen LogP contribution >= 0.6 is 0 Å². The molecule has 0 saturated carbocycles. The van der Waals surface area contributed by atoms with Crippen LogP contribution in [0.1, 0.15) is 26.3 Å². The van der Waals surface area contributed by atoms with E-state index >= 15 is 0 Å². The Labute approximate surface area is 127 Å². The molecular formula is C16H15NO5. The van der Waals surface area contributed by atoms with E-state index in [1.807, 2.05) is 0 Å². The van der Waals surface area contributed by atoms with Crippen molar-refractivity contribution in [2.45, 2.75) is 6.61 Å². The summed E-state index contributed by atoms with van der Waals surface area (Å²) in [4.78, 5) is 27.3. The Morgan fingerprint density at radius 1 is 1.05 bits per heavy atom. The van der Waals surface area contributed by atoms with Gasteiger partial charge in [-0.05, 0) is 23.8 Å². The van der Waals surface area contributed by atoms with Crippen molar-refractivity contribution in [3.63, 3.8) is 0 Å². The van der Waals surface area contributed by atoms with Gasteiger partial charge in [0.05, 0.1) is 25.3 Å². The Kier molecular flexibility index (Phi) is 5.08. The Morgan fingerprint density at radius 2 is 1.86 bits per heavy atom. The highest BCUT2D eigenvalue weighted by Gasteiger charge is 2.10. The molecule has 0 aliphatic carbocycles. The molecule has 6 heteroatoms. The fourth-order valence-electron chi connectivity index (χ4n) is 1.76. The third-order valence-corrected chi connectivity index (χ3v) is 2.90. The van der Waals surface area contributed by atoms with Gasteiger partial charge in [-0.15, -0.1) is 0 Å². The highest BCUT2D eigenvalue weighted by Crippen LogP contribution is 2.11. The van der Waals surface area contributed by atoms with E-state index in [1.165, 1.54) is 20.4 Å². The molecule has 0 N–H and O–H groups in total. The average Bonchev–Trinajstić information content (AvgIpc) is 2.59. The fraction of sp³-hybridized carbons (Fsp3) is 0.188. The summed E-state index contributed by atoms with van der Waals surface area (Å²) in [7, 11) is 2.81. The number of methoxy groups -OCH3 is 2. The van der Waals surface area contributed by atoms with Crippen LogP contribution in [0.5, 0.6) is 5.88 Å². The molecule has 0 amide bonds. The fourth-order valence-corrected chi connectivity index (χ4v) is 1.76. The second-order valence-electron chi connectivity index (χ2n) is 4.36. The number of nitrogens with zero attached hydrogens (tertiary/aromatic N) is 1. The predicted octanol–water partition coefficient (Wildman–Crippen LogP) is 2.23. The van der Waals surface area contributed by atoms with E-state index in [4.69, 9.17) is 9.47 Å². The number of esters is 2. The molecule has 114 valence electrons. The first-order valence-electron chi connectivity index (χ1n) is 6.48. The Hall–Kier alpha value is -2.89. The van der Waals surface area contributed by atoms with Gasteiger partial charge in [-0.3, -0.25) is 0 Å². The van der Waals surface area contributed by atoms with E-state index in [2.05, 4.69) is 9.72 Å². The van der Waals surface area contributed by atoms with E-state index in [9.17, 15) is 9.59 Å². The molecule has 1 aromatic carbocycles. The smallest absolute Gasteiger partial charge is 0.340 e. The predicted molar refractivity (Wildman–Crippen MR) is 77.7 cm³/mol. The molecule has 2 aromatic rings. The summed E-state index contributed by atoms with van der Waals surface area (Å²) in [5, 5.41) is 0. The minimum Gasteiger partial charge on any atom is -0.481 e. The summed E-state index contributed by atoms with van der Waals surface area (Å²) in [5.74, 6) is -0.520. The molecule has 6 nitrogen and oxygen atoms in total. The zero-order valence-corrected chi connectivity index (χ0v) is 12.2. The monoisotopic (exact) mass is 301 g/mol. The van der Waals surface area contributed by atoms with Crippen LogP contribution in [0.3, 0.4) is 0 Å². The van der Waals surface area contributed by atoms with Crippen LogP contribution in [0.4, 0.5) is 0 Å². The van der Waals surface area contributed by atoms with Crippen molar-refractivity contribution >= 4 is 11.9 Å². The molecule has 0 bridgehead atoms. The molecule has 1 heterocycles. The average molecular weight is 301 g/mol. The van der Waals surface area contributed by atoms with E-state index < -0.39 is 11.9 Å². The molecule has 0 atom stereocenters. The van der Waals surface area contributed by atoms with Crippen LogP contribution in [-0.4, -0.2) is 31.1 Å². The third kappa shape index (κ3) is 3.82. The third-order valence-electron chi connectivity index (χ3n) is 2.90. The molecule has 0 aliphatic heterocycles. The maximum Gasteiger partial charge on any atom is 0.340 e. The standard InChI is InChI=1S/C16H15NO5/c1-20-14-7-6-13(9-17-14)16(19)22-10-11-4-3-5-12(8-11)15(18)21-2/h3-9H,10H2,1-2H3. The van der Waals surface area contributed by atoms with Gasteiger partial charge in [0.2, 0.25) is 5.88 Å². The van der Waals surface area contributed by atoms with Crippen molar-refractivity contribution in [1.29, 1.82) is 0 Å². The summed E-state index contributed by atoms with van der Waals surface area (Å²) in [6.07, 6.45) is 1.38.